The minimum Gasteiger partial charge on any atom is -0.397 e. The number of nitrogens with two attached hydrogens (primary N) is 2. The average Bonchev–Trinajstić information content (AvgIpc) is 2.05. The fraction of sp³-hybridized carbons (Fsp3) is 0. The first-order chi connectivity index (χ1) is 6.48. The van der Waals surface area contributed by atoms with E-state index < -0.39 is 10.2 Å². The van der Waals surface area contributed by atoms with E-state index in [9.17, 15) is 8.42 Å². The highest BCUT2D eigenvalue weighted by molar-refractivity contribution is 7.91. The Labute approximate surface area is 80.0 Å². The van der Waals surface area contributed by atoms with Crippen molar-refractivity contribution in [3.8, 4) is 0 Å². The van der Waals surface area contributed by atoms with Gasteiger partial charge in [0.25, 0.3) is 0 Å². The Morgan fingerprint density at radius 1 is 1.36 bits per heavy atom. The van der Waals surface area contributed by atoms with Crippen LogP contribution in [0.5, 0.6) is 0 Å². The van der Waals surface area contributed by atoms with Gasteiger partial charge in [-0.2, -0.15) is 8.42 Å². The van der Waals surface area contributed by atoms with Gasteiger partial charge in [-0.1, -0.05) is 0 Å². The highest BCUT2D eigenvalue weighted by Crippen LogP contribution is 2.20. The predicted octanol–water partition coefficient (Wildman–Crippen LogP) is -0.961. The SMILES string of the molecule is NC1=NS(=O)(=O)Nc2ncc(N)cc21. The summed E-state index contributed by atoms with van der Waals surface area (Å²) in [5, 5.41) is 0. The molecular weight excluding hydrogens is 206 g/mol. The van der Waals surface area contributed by atoms with Gasteiger partial charge in [0.2, 0.25) is 0 Å². The van der Waals surface area contributed by atoms with Crippen LogP contribution in [0.2, 0.25) is 0 Å². The molecule has 1 aromatic rings. The Bertz CT molecular complexity index is 521. The first-order valence-electron chi connectivity index (χ1n) is 3.62. The van der Waals surface area contributed by atoms with Gasteiger partial charge in [0, 0.05) is 0 Å². The van der Waals surface area contributed by atoms with E-state index in [4.69, 9.17) is 11.5 Å². The predicted molar refractivity (Wildman–Crippen MR) is 51.9 cm³/mol. The number of anilines is 2. The van der Waals surface area contributed by atoms with Crippen LogP contribution in [0.15, 0.2) is 16.7 Å². The zero-order valence-electron chi connectivity index (χ0n) is 6.93. The molecule has 2 rings (SSSR count). The molecule has 0 aliphatic carbocycles. The van der Waals surface area contributed by atoms with Gasteiger partial charge in [0.1, 0.15) is 5.84 Å². The van der Waals surface area contributed by atoms with Crippen LogP contribution in [0.25, 0.3) is 0 Å². The molecule has 1 aliphatic heterocycles. The molecular formula is C6H7N5O2S. The zero-order valence-corrected chi connectivity index (χ0v) is 7.75. The van der Waals surface area contributed by atoms with Crippen LogP contribution in [0.3, 0.4) is 0 Å². The summed E-state index contributed by atoms with van der Waals surface area (Å²) in [7, 11) is -3.75. The van der Waals surface area contributed by atoms with Crippen LogP contribution in [0.1, 0.15) is 5.56 Å². The monoisotopic (exact) mass is 213 g/mol. The summed E-state index contributed by atoms with van der Waals surface area (Å²) >= 11 is 0. The number of rotatable bonds is 0. The number of nitrogen functional groups attached to an aromatic ring is 1. The van der Waals surface area contributed by atoms with Gasteiger partial charge in [0.05, 0.1) is 17.4 Å². The standard InChI is InChI=1S/C6H7N5O2S/c7-3-1-4-5(8)10-14(12,13)11-6(4)9-2-3/h1-2H,7H2,(H2,8,10)(H,9,11). The maximum absolute atomic E-state index is 11.1. The van der Waals surface area contributed by atoms with Crippen LogP contribution < -0.4 is 16.2 Å². The van der Waals surface area contributed by atoms with Gasteiger partial charge in [0.15, 0.2) is 5.82 Å². The van der Waals surface area contributed by atoms with Crippen molar-refractivity contribution in [1.29, 1.82) is 0 Å². The molecule has 2 heterocycles. The van der Waals surface area contributed by atoms with Crippen molar-refractivity contribution >= 4 is 27.6 Å². The molecule has 0 amide bonds. The molecule has 14 heavy (non-hydrogen) atoms. The Hall–Kier alpha value is -1.83. The Morgan fingerprint density at radius 2 is 2.07 bits per heavy atom. The molecule has 5 N–H and O–H groups in total. The van der Waals surface area contributed by atoms with Gasteiger partial charge in [-0.3, -0.25) is 0 Å². The van der Waals surface area contributed by atoms with Gasteiger partial charge < -0.3 is 11.5 Å². The number of aromatic nitrogens is 1. The summed E-state index contributed by atoms with van der Waals surface area (Å²) in [6.45, 7) is 0. The van der Waals surface area contributed by atoms with Gasteiger partial charge in [-0.25, -0.2) is 9.71 Å². The summed E-state index contributed by atoms with van der Waals surface area (Å²) in [5.41, 5.74) is 11.7. The zero-order chi connectivity index (χ0) is 10.3. The van der Waals surface area contributed by atoms with Gasteiger partial charge >= 0.3 is 10.2 Å². The number of fused-ring (bicyclic) bond motifs is 1. The lowest BCUT2D eigenvalue weighted by Crippen LogP contribution is -2.27. The highest BCUT2D eigenvalue weighted by atomic mass is 32.2. The topological polar surface area (TPSA) is 123 Å². The van der Waals surface area contributed by atoms with Crippen LogP contribution in [-0.2, 0) is 10.2 Å². The van der Waals surface area contributed by atoms with E-state index in [0.717, 1.165) is 0 Å². The normalized spacial score (nSPS) is 17.9. The second kappa shape index (κ2) is 2.58. The molecule has 0 spiro atoms. The van der Waals surface area contributed by atoms with E-state index in [-0.39, 0.29) is 11.7 Å². The summed E-state index contributed by atoms with van der Waals surface area (Å²) in [4.78, 5) is 3.79. The third kappa shape index (κ3) is 1.35. The minimum atomic E-state index is -3.75. The molecule has 74 valence electrons. The van der Waals surface area contributed by atoms with Crippen LogP contribution >= 0.6 is 0 Å². The van der Waals surface area contributed by atoms with Crippen molar-refractivity contribution in [2.75, 3.05) is 10.5 Å². The van der Waals surface area contributed by atoms with Crippen LogP contribution in [0, 0.1) is 0 Å². The van der Waals surface area contributed by atoms with E-state index in [0.29, 0.717) is 11.3 Å². The van der Waals surface area contributed by atoms with E-state index in [1.807, 2.05) is 0 Å². The quantitative estimate of drug-likeness (QED) is 0.512. The summed E-state index contributed by atoms with van der Waals surface area (Å²) < 4.78 is 27.5. The number of nitrogens with zero attached hydrogens (tertiary/aromatic N) is 2. The van der Waals surface area contributed by atoms with E-state index in [1.54, 1.807) is 0 Å². The Balaban J connectivity index is 2.68. The van der Waals surface area contributed by atoms with Crippen molar-refractivity contribution in [3.63, 3.8) is 0 Å². The van der Waals surface area contributed by atoms with Gasteiger partial charge in [-0.05, 0) is 6.07 Å². The molecule has 1 aliphatic rings. The number of pyridine rings is 1. The second-order valence-electron chi connectivity index (χ2n) is 2.72. The van der Waals surface area contributed by atoms with Crippen LogP contribution in [-0.4, -0.2) is 19.2 Å². The number of hydrogen-bond donors (Lipinski definition) is 3. The van der Waals surface area contributed by atoms with Crippen molar-refractivity contribution in [2.24, 2.45) is 10.1 Å². The molecule has 8 heteroatoms. The van der Waals surface area contributed by atoms with E-state index in [2.05, 4.69) is 14.1 Å². The molecule has 0 aromatic carbocycles. The van der Waals surface area contributed by atoms with Gasteiger partial charge in [-0.15, -0.1) is 4.40 Å². The lowest BCUT2D eigenvalue weighted by atomic mass is 10.2. The van der Waals surface area contributed by atoms with Crippen molar-refractivity contribution in [3.05, 3.63) is 17.8 Å². The maximum Gasteiger partial charge on any atom is 0.345 e. The molecule has 0 atom stereocenters. The first kappa shape index (κ1) is 8.75. The summed E-state index contributed by atoms with van der Waals surface area (Å²) in [6.07, 6.45) is 1.33. The molecule has 7 nitrogen and oxygen atoms in total. The third-order valence-corrected chi connectivity index (χ3v) is 2.52. The minimum absolute atomic E-state index is 0.112. The van der Waals surface area contributed by atoms with Crippen molar-refractivity contribution in [2.45, 2.75) is 0 Å². The van der Waals surface area contributed by atoms with E-state index in [1.165, 1.54) is 12.3 Å². The first-order valence-corrected chi connectivity index (χ1v) is 5.06. The van der Waals surface area contributed by atoms with Crippen molar-refractivity contribution < 1.29 is 8.42 Å². The largest absolute Gasteiger partial charge is 0.397 e. The molecule has 0 fully saturated rings. The fourth-order valence-corrected chi connectivity index (χ4v) is 1.89. The maximum atomic E-state index is 11.1. The lowest BCUT2D eigenvalue weighted by Gasteiger charge is -2.14. The third-order valence-electron chi connectivity index (χ3n) is 1.63. The summed E-state index contributed by atoms with van der Waals surface area (Å²) in [5.74, 6) is 0.0326. The highest BCUT2D eigenvalue weighted by Gasteiger charge is 2.21. The molecule has 0 saturated heterocycles. The smallest absolute Gasteiger partial charge is 0.345 e. The number of nitrogens with one attached hydrogen (secondary N) is 1. The Morgan fingerprint density at radius 3 is 2.79 bits per heavy atom. The molecule has 0 saturated carbocycles. The Kier molecular flexibility index (Phi) is 1.61. The summed E-state index contributed by atoms with van der Waals surface area (Å²) in [6, 6.07) is 1.50. The molecule has 0 bridgehead atoms. The molecule has 0 radical (unpaired) electrons. The number of hydrogen-bond acceptors (Lipinski definition) is 5. The lowest BCUT2D eigenvalue weighted by molar-refractivity contribution is 0.602. The fourth-order valence-electron chi connectivity index (χ4n) is 1.08. The second-order valence-corrected chi connectivity index (χ2v) is 4.06. The molecule has 1 aromatic heterocycles. The average molecular weight is 213 g/mol. The van der Waals surface area contributed by atoms with Crippen molar-refractivity contribution in [1.82, 2.24) is 4.98 Å². The number of amidine groups is 1. The van der Waals surface area contributed by atoms with Crippen LogP contribution in [0.4, 0.5) is 11.5 Å². The molecule has 0 unspecified atom stereocenters. The van der Waals surface area contributed by atoms with E-state index >= 15 is 0 Å².